The van der Waals surface area contributed by atoms with E-state index in [4.69, 9.17) is 16.6 Å². The first-order chi connectivity index (χ1) is 13.4. The fourth-order valence-electron chi connectivity index (χ4n) is 3.29. The van der Waals surface area contributed by atoms with Crippen molar-refractivity contribution in [3.8, 4) is 0 Å². The highest BCUT2D eigenvalue weighted by molar-refractivity contribution is 6.33. The van der Waals surface area contributed by atoms with Gasteiger partial charge in [0.15, 0.2) is 12.1 Å². The van der Waals surface area contributed by atoms with E-state index < -0.39 is 6.29 Å². The molecule has 28 heavy (non-hydrogen) atoms. The van der Waals surface area contributed by atoms with E-state index in [2.05, 4.69) is 35.1 Å². The van der Waals surface area contributed by atoms with E-state index in [1.165, 1.54) is 11.8 Å². The number of rotatable bonds is 5. The molecule has 0 amide bonds. The fourth-order valence-corrected chi connectivity index (χ4v) is 3.44. The molecule has 1 aliphatic heterocycles. The molecule has 0 spiro atoms. The maximum absolute atomic E-state index is 9.56. The summed E-state index contributed by atoms with van der Waals surface area (Å²) in [5.41, 5.74) is 2.80. The van der Waals surface area contributed by atoms with Gasteiger partial charge >= 0.3 is 0 Å². The Labute approximate surface area is 170 Å². The van der Waals surface area contributed by atoms with Crippen LogP contribution in [0.15, 0.2) is 53.2 Å². The molecule has 1 aromatic heterocycles. The number of para-hydroxylation sites is 1. The van der Waals surface area contributed by atoms with Crippen LogP contribution in [0.1, 0.15) is 38.5 Å². The molecular weight excluding hydrogens is 376 g/mol. The molecule has 0 aliphatic carbocycles. The lowest BCUT2D eigenvalue weighted by molar-refractivity contribution is -0.0418. The second-order valence-electron chi connectivity index (χ2n) is 6.95. The molecule has 1 unspecified atom stereocenters. The normalized spacial score (nSPS) is 18.5. The third-order valence-electron chi connectivity index (χ3n) is 4.89. The van der Waals surface area contributed by atoms with Crippen molar-refractivity contribution in [3.63, 3.8) is 0 Å². The molecule has 1 aromatic carbocycles. The van der Waals surface area contributed by atoms with Crippen molar-refractivity contribution in [3.05, 3.63) is 58.8 Å². The van der Waals surface area contributed by atoms with Gasteiger partial charge in [-0.25, -0.2) is 9.98 Å². The first-order valence-corrected chi connectivity index (χ1v) is 9.63. The van der Waals surface area contributed by atoms with Crippen molar-refractivity contribution in [1.29, 1.82) is 0 Å². The van der Waals surface area contributed by atoms with Gasteiger partial charge in [-0.15, -0.1) is 0 Å². The minimum Gasteiger partial charge on any atom is -0.364 e. The number of nitrogens with one attached hydrogen (secondary N) is 1. The minimum absolute atomic E-state index is 0.361. The number of aliphatic hydroxyl groups excluding tert-OH is 1. The molecule has 7 heteroatoms. The number of hydrogen-bond acceptors (Lipinski definition) is 5. The molecule has 2 heterocycles. The lowest BCUT2D eigenvalue weighted by atomic mass is 9.99. The van der Waals surface area contributed by atoms with E-state index in [0.29, 0.717) is 33.8 Å². The fraction of sp³-hybridized carbons (Fsp3) is 0.333. The zero-order valence-electron chi connectivity index (χ0n) is 16.2. The highest BCUT2D eigenvalue weighted by Gasteiger charge is 2.21. The van der Waals surface area contributed by atoms with Crippen LogP contribution in [0.4, 0.5) is 17.2 Å². The number of aliphatic hydroxyl groups is 2. The van der Waals surface area contributed by atoms with E-state index in [1.54, 1.807) is 30.3 Å². The largest absolute Gasteiger partial charge is 0.364 e. The van der Waals surface area contributed by atoms with Crippen molar-refractivity contribution >= 4 is 34.6 Å². The van der Waals surface area contributed by atoms with Crippen LogP contribution < -0.4 is 5.32 Å². The summed E-state index contributed by atoms with van der Waals surface area (Å²) in [5, 5.41) is 22.7. The number of hydrogen-bond donors (Lipinski definition) is 3. The number of anilines is 2. The molecule has 1 atom stereocenters. The summed E-state index contributed by atoms with van der Waals surface area (Å²) in [4.78, 5) is 11.2. The molecule has 0 fully saturated rings. The van der Waals surface area contributed by atoms with Crippen LogP contribution in [0, 0.1) is 0 Å². The van der Waals surface area contributed by atoms with Crippen LogP contribution in [0.3, 0.4) is 0 Å². The SMILES string of the molecule is CCC1CC(C)=CC(=Nc2cc(Nc3ccccc3C(O)O)c(Cl)cn2)N1C. The Kier molecular flexibility index (Phi) is 6.34. The summed E-state index contributed by atoms with van der Waals surface area (Å²) < 4.78 is 0. The van der Waals surface area contributed by atoms with Crippen LogP contribution in [-0.4, -0.2) is 39.0 Å². The molecule has 6 nitrogen and oxygen atoms in total. The number of benzene rings is 1. The minimum atomic E-state index is -1.58. The lowest BCUT2D eigenvalue weighted by Gasteiger charge is -2.33. The van der Waals surface area contributed by atoms with Gasteiger partial charge in [0.2, 0.25) is 0 Å². The van der Waals surface area contributed by atoms with Gasteiger partial charge in [-0.2, -0.15) is 0 Å². The summed E-state index contributed by atoms with van der Waals surface area (Å²) in [6.45, 7) is 4.29. The Morgan fingerprint density at radius 3 is 2.79 bits per heavy atom. The molecule has 0 saturated carbocycles. The molecule has 0 bridgehead atoms. The topological polar surface area (TPSA) is 81.0 Å². The Hall–Kier alpha value is -2.41. The van der Waals surface area contributed by atoms with Gasteiger partial charge in [0.25, 0.3) is 0 Å². The van der Waals surface area contributed by atoms with Crippen molar-refractivity contribution in [2.45, 2.75) is 39.0 Å². The summed E-state index contributed by atoms with van der Waals surface area (Å²) in [6.07, 6.45) is 4.11. The van der Waals surface area contributed by atoms with E-state index in [0.717, 1.165) is 18.7 Å². The molecule has 2 aromatic rings. The molecule has 3 rings (SSSR count). The Morgan fingerprint density at radius 2 is 2.07 bits per heavy atom. The third-order valence-corrected chi connectivity index (χ3v) is 5.19. The molecule has 1 aliphatic rings. The van der Waals surface area contributed by atoms with Gasteiger partial charge in [-0.1, -0.05) is 42.3 Å². The van der Waals surface area contributed by atoms with Crippen molar-refractivity contribution < 1.29 is 10.2 Å². The maximum Gasteiger partial charge on any atom is 0.180 e. The van der Waals surface area contributed by atoms with E-state index in [9.17, 15) is 10.2 Å². The first kappa shape index (κ1) is 20.3. The van der Waals surface area contributed by atoms with Crippen LogP contribution in [0.2, 0.25) is 5.02 Å². The van der Waals surface area contributed by atoms with Gasteiger partial charge in [0.05, 0.1) is 16.9 Å². The molecular formula is C21H25ClN4O2. The smallest absolute Gasteiger partial charge is 0.180 e. The second kappa shape index (κ2) is 8.73. The summed E-state index contributed by atoms with van der Waals surface area (Å²) in [6, 6.07) is 9.11. The zero-order chi connectivity index (χ0) is 20.3. The van der Waals surface area contributed by atoms with Crippen LogP contribution in [-0.2, 0) is 0 Å². The summed E-state index contributed by atoms with van der Waals surface area (Å²) >= 11 is 6.30. The average molecular weight is 401 g/mol. The predicted molar refractivity (Wildman–Crippen MR) is 113 cm³/mol. The van der Waals surface area contributed by atoms with E-state index in [-0.39, 0.29) is 0 Å². The quantitative estimate of drug-likeness (QED) is 0.641. The van der Waals surface area contributed by atoms with Crippen molar-refractivity contribution in [2.24, 2.45) is 4.99 Å². The van der Waals surface area contributed by atoms with Crippen LogP contribution in [0.5, 0.6) is 0 Å². The molecule has 148 valence electrons. The first-order valence-electron chi connectivity index (χ1n) is 9.25. The number of halogens is 1. The average Bonchev–Trinajstić information content (AvgIpc) is 2.67. The van der Waals surface area contributed by atoms with Crippen LogP contribution >= 0.6 is 11.6 Å². The standard InChI is InChI=1S/C21H25ClN4O2/c1-4-14-9-13(2)10-20(26(14)3)25-19-11-18(16(22)12-23-19)24-17-8-6-5-7-15(17)21(27)28/h5-8,10-12,14,21,27-28H,4,9H2,1-3H3,(H,23,24). The number of aromatic nitrogens is 1. The Balaban J connectivity index is 1.93. The molecule has 3 N–H and O–H groups in total. The summed E-state index contributed by atoms with van der Waals surface area (Å²) in [5.74, 6) is 1.39. The van der Waals surface area contributed by atoms with Crippen LogP contribution in [0.25, 0.3) is 0 Å². The maximum atomic E-state index is 9.56. The molecule has 0 radical (unpaired) electrons. The lowest BCUT2D eigenvalue weighted by Crippen LogP contribution is -2.38. The Bertz CT molecular complexity index is 911. The van der Waals surface area contributed by atoms with Crippen molar-refractivity contribution in [2.75, 3.05) is 12.4 Å². The monoisotopic (exact) mass is 400 g/mol. The number of amidine groups is 1. The number of likely N-dealkylation sites (N-methyl/N-ethyl adjacent to an activating group) is 1. The van der Waals surface area contributed by atoms with E-state index >= 15 is 0 Å². The van der Waals surface area contributed by atoms with Gasteiger partial charge in [-0.05, 0) is 31.9 Å². The van der Waals surface area contributed by atoms with Crippen molar-refractivity contribution in [1.82, 2.24) is 9.88 Å². The van der Waals surface area contributed by atoms with Gasteiger partial charge < -0.3 is 20.4 Å². The predicted octanol–water partition coefficient (Wildman–Crippen LogP) is 4.55. The second-order valence-corrected chi connectivity index (χ2v) is 7.35. The Morgan fingerprint density at radius 1 is 1.32 bits per heavy atom. The van der Waals surface area contributed by atoms with Gasteiger partial charge in [0, 0.05) is 30.4 Å². The number of nitrogens with zero attached hydrogens (tertiary/aromatic N) is 3. The highest BCUT2D eigenvalue weighted by Crippen LogP contribution is 2.31. The van der Waals surface area contributed by atoms with E-state index in [1.807, 2.05) is 7.05 Å². The highest BCUT2D eigenvalue weighted by atomic mass is 35.5. The van der Waals surface area contributed by atoms with Gasteiger partial charge in [-0.3, -0.25) is 0 Å². The third kappa shape index (κ3) is 4.52. The number of aliphatic imine (C=N–C) groups is 1. The van der Waals surface area contributed by atoms with Gasteiger partial charge in [0.1, 0.15) is 5.84 Å². The number of pyridine rings is 1. The molecule has 0 saturated heterocycles. The summed E-state index contributed by atoms with van der Waals surface area (Å²) in [7, 11) is 2.05. The zero-order valence-corrected chi connectivity index (χ0v) is 17.0.